The summed E-state index contributed by atoms with van der Waals surface area (Å²) >= 11 is 6.02. The zero-order valence-corrected chi connectivity index (χ0v) is 10.3. The van der Waals surface area contributed by atoms with Crippen LogP contribution in [0.25, 0.3) is 0 Å². The first-order valence-corrected chi connectivity index (χ1v) is 5.04. The second-order valence-corrected chi connectivity index (χ2v) is 3.63. The van der Waals surface area contributed by atoms with Crippen LogP contribution in [0.5, 0.6) is 11.9 Å². The number of ether oxygens (including phenoxy) is 2. The van der Waals surface area contributed by atoms with Gasteiger partial charge in [0.2, 0.25) is 5.88 Å². The minimum atomic E-state index is -0.418. The quantitative estimate of drug-likeness (QED) is 0.809. The first-order chi connectivity index (χ1) is 7.51. The monoisotopic (exact) mass is 244 g/mol. The zero-order valence-electron chi connectivity index (χ0n) is 9.57. The van der Waals surface area contributed by atoms with Gasteiger partial charge in [-0.3, -0.25) is 4.79 Å². The number of rotatable bonds is 4. The summed E-state index contributed by atoms with van der Waals surface area (Å²) in [5.74, 6) is -0.250. The van der Waals surface area contributed by atoms with Gasteiger partial charge in [0.15, 0.2) is 0 Å². The molecule has 0 aliphatic carbocycles. The molecule has 6 heteroatoms. The van der Waals surface area contributed by atoms with E-state index in [-0.39, 0.29) is 22.7 Å². The standard InChI is InChI=1S/C10H13ClN2O3/c1-5(6(2)14)8-7(11)9(15-3)13-10(12-8)16-4/h5H,1-4H3. The van der Waals surface area contributed by atoms with Crippen LogP contribution in [0.3, 0.4) is 0 Å². The predicted octanol–water partition coefficient (Wildman–Crippen LogP) is 1.84. The van der Waals surface area contributed by atoms with Crippen molar-refractivity contribution in [2.45, 2.75) is 19.8 Å². The van der Waals surface area contributed by atoms with Crippen molar-refractivity contribution in [1.29, 1.82) is 0 Å². The van der Waals surface area contributed by atoms with Crippen LogP contribution in [-0.2, 0) is 4.79 Å². The normalized spacial score (nSPS) is 12.1. The van der Waals surface area contributed by atoms with E-state index in [2.05, 4.69) is 9.97 Å². The van der Waals surface area contributed by atoms with Crippen molar-refractivity contribution < 1.29 is 14.3 Å². The van der Waals surface area contributed by atoms with E-state index in [9.17, 15) is 4.79 Å². The van der Waals surface area contributed by atoms with Gasteiger partial charge in [0, 0.05) is 0 Å². The Bertz CT molecular complexity index is 409. The van der Waals surface area contributed by atoms with Crippen molar-refractivity contribution >= 4 is 17.4 Å². The van der Waals surface area contributed by atoms with E-state index in [1.54, 1.807) is 6.92 Å². The maximum absolute atomic E-state index is 11.3. The summed E-state index contributed by atoms with van der Waals surface area (Å²) in [7, 11) is 2.88. The maximum atomic E-state index is 11.3. The molecule has 0 N–H and O–H groups in total. The summed E-state index contributed by atoms with van der Waals surface area (Å²) < 4.78 is 9.89. The maximum Gasteiger partial charge on any atom is 0.319 e. The fourth-order valence-corrected chi connectivity index (χ4v) is 1.45. The number of aromatic nitrogens is 2. The number of ketones is 1. The van der Waals surface area contributed by atoms with Crippen LogP contribution in [0, 0.1) is 0 Å². The smallest absolute Gasteiger partial charge is 0.319 e. The number of hydrogen-bond acceptors (Lipinski definition) is 5. The molecule has 1 aromatic heterocycles. The summed E-state index contributed by atoms with van der Waals surface area (Å²) in [4.78, 5) is 19.3. The first-order valence-electron chi connectivity index (χ1n) is 4.67. The van der Waals surface area contributed by atoms with Gasteiger partial charge in [-0.15, -0.1) is 0 Å². The number of carbonyl (C=O) groups excluding carboxylic acids is 1. The molecule has 5 nitrogen and oxygen atoms in total. The Morgan fingerprint density at radius 1 is 1.31 bits per heavy atom. The van der Waals surface area contributed by atoms with Crippen molar-refractivity contribution in [3.05, 3.63) is 10.7 Å². The van der Waals surface area contributed by atoms with Crippen LogP contribution in [0.2, 0.25) is 5.02 Å². The van der Waals surface area contributed by atoms with Crippen molar-refractivity contribution in [3.63, 3.8) is 0 Å². The van der Waals surface area contributed by atoms with Gasteiger partial charge in [-0.25, -0.2) is 0 Å². The third-order valence-corrected chi connectivity index (χ3v) is 2.58. The number of halogens is 1. The Morgan fingerprint density at radius 2 is 1.94 bits per heavy atom. The highest BCUT2D eigenvalue weighted by atomic mass is 35.5. The number of nitrogens with zero attached hydrogens (tertiary/aromatic N) is 2. The number of Topliss-reactive ketones (excluding diaryl/α,β-unsaturated/α-hetero) is 1. The Balaban J connectivity index is 3.31. The molecule has 0 aliphatic heterocycles. The fourth-order valence-electron chi connectivity index (χ4n) is 1.13. The van der Waals surface area contributed by atoms with Gasteiger partial charge in [-0.05, 0) is 13.8 Å². The fraction of sp³-hybridized carbons (Fsp3) is 0.500. The second-order valence-electron chi connectivity index (χ2n) is 3.25. The van der Waals surface area contributed by atoms with Gasteiger partial charge in [-0.1, -0.05) is 11.6 Å². The third kappa shape index (κ3) is 2.41. The summed E-state index contributed by atoms with van der Waals surface area (Å²) in [5.41, 5.74) is 0.415. The molecule has 0 saturated heterocycles. The lowest BCUT2D eigenvalue weighted by molar-refractivity contribution is -0.118. The lowest BCUT2D eigenvalue weighted by Gasteiger charge is -2.12. The molecule has 0 amide bonds. The first kappa shape index (κ1) is 12.7. The molecule has 88 valence electrons. The van der Waals surface area contributed by atoms with E-state index >= 15 is 0 Å². The molecule has 1 rings (SSSR count). The summed E-state index contributed by atoms with van der Waals surface area (Å²) in [5, 5.41) is 0.242. The molecule has 1 heterocycles. The molecule has 0 spiro atoms. The Hall–Kier alpha value is -1.36. The average molecular weight is 245 g/mol. The molecule has 0 radical (unpaired) electrons. The van der Waals surface area contributed by atoms with Crippen LogP contribution in [-0.4, -0.2) is 30.0 Å². The van der Waals surface area contributed by atoms with Gasteiger partial charge >= 0.3 is 6.01 Å². The number of methoxy groups -OCH3 is 2. The van der Waals surface area contributed by atoms with Crippen LogP contribution in [0.15, 0.2) is 0 Å². The van der Waals surface area contributed by atoms with E-state index < -0.39 is 5.92 Å². The van der Waals surface area contributed by atoms with Crippen molar-refractivity contribution in [2.75, 3.05) is 14.2 Å². The van der Waals surface area contributed by atoms with Crippen LogP contribution in [0.4, 0.5) is 0 Å². The molecule has 1 atom stereocenters. The Labute approximate surface area is 98.8 Å². The van der Waals surface area contributed by atoms with Gasteiger partial charge in [-0.2, -0.15) is 9.97 Å². The molecular formula is C10H13ClN2O3. The van der Waals surface area contributed by atoms with E-state index in [4.69, 9.17) is 21.1 Å². The highest BCUT2D eigenvalue weighted by Gasteiger charge is 2.21. The van der Waals surface area contributed by atoms with Crippen molar-refractivity contribution in [2.24, 2.45) is 0 Å². The van der Waals surface area contributed by atoms with Gasteiger partial charge in [0.05, 0.1) is 25.8 Å². The van der Waals surface area contributed by atoms with Gasteiger partial charge < -0.3 is 9.47 Å². The Morgan fingerprint density at radius 3 is 2.38 bits per heavy atom. The molecule has 0 aromatic carbocycles. The van der Waals surface area contributed by atoms with Crippen molar-refractivity contribution in [1.82, 2.24) is 9.97 Å². The second kappa shape index (κ2) is 5.12. The number of hydrogen-bond donors (Lipinski definition) is 0. The topological polar surface area (TPSA) is 61.3 Å². The number of carbonyl (C=O) groups is 1. The highest BCUT2D eigenvalue weighted by molar-refractivity contribution is 6.32. The molecular weight excluding hydrogens is 232 g/mol. The largest absolute Gasteiger partial charge is 0.480 e. The molecule has 0 fully saturated rings. The highest BCUT2D eigenvalue weighted by Crippen LogP contribution is 2.31. The molecule has 0 bridgehead atoms. The van der Waals surface area contributed by atoms with Crippen LogP contribution >= 0.6 is 11.6 Å². The van der Waals surface area contributed by atoms with Gasteiger partial charge in [0.1, 0.15) is 10.8 Å². The van der Waals surface area contributed by atoms with Crippen LogP contribution < -0.4 is 9.47 Å². The minimum absolute atomic E-state index is 0.0373. The molecule has 0 saturated carbocycles. The lowest BCUT2D eigenvalue weighted by atomic mass is 10.0. The van der Waals surface area contributed by atoms with Gasteiger partial charge in [0.25, 0.3) is 0 Å². The summed E-state index contributed by atoms with van der Waals surface area (Å²) in [6, 6.07) is 0.129. The predicted molar refractivity (Wildman–Crippen MR) is 59.2 cm³/mol. The van der Waals surface area contributed by atoms with E-state index in [0.717, 1.165) is 0 Å². The van der Waals surface area contributed by atoms with Crippen LogP contribution in [0.1, 0.15) is 25.5 Å². The van der Waals surface area contributed by atoms with E-state index in [1.807, 2.05) is 0 Å². The molecule has 16 heavy (non-hydrogen) atoms. The molecule has 0 aliphatic rings. The molecule has 1 unspecified atom stereocenters. The SMILES string of the molecule is COc1nc(OC)c(Cl)c(C(C)C(C)=O)n1. The van der Waals surface area contributed by atoms with E-state index in [0.29, 0.717) is 5.69 Å². The summed E-state index contributed by atoms with van der Waals surface area (Å²) in [6.45, 7) is 3.19. The zero-order chi connectivity index (χ0) is 12.3. The molecule has 1 aromatic rings. The average Bonchev–Trinajstić information content (AvgIpc) is 2.28. The minimum Gasteiger partial charge on any atom is -0.480 e. The third-order valence-electron chi connectivity index (χ3n) is 2.22. The van der Waals surface area contributed by atoms with Crippen molar-refractivity contribution in [3.8, 4) is 11.9 Å². The Kier molecular flexibility index (Phi) is 4.06. The van der Waals surface area contributed by atoms with E-state index in [1.165, 1.54) is 21.1 Å². The summed E-state index contributed by atoms with van der Waals surface area (Å²) in [6.07, 6.45) is 0. The lowest BCUT2D eigenvalue weighted by Crippen LogP contribution is -2.10.